The zero-order valence-electron chi connectivity index (χ0n) is 16.3. The summed E-state index contributed by atoms with van der Waals surface area (Å²) in [6, 6.07) is -1.53. The molecule has 3 atom stereocenters. The first-order valence-corrected chi connectivity index (χ1v) is 9.81. The van der Waals surface area contributed by atoms with E-state index in [0.29, 0.717) is 18.6 Å². The molecule has 0 fully saturated rings. The van der Waals surface area contributed by atoms with E-state index >= 15 is 0 Å². The molecule has 7 nitrogen and oxygen atoms in total. The zero-order chi connectivity index (χ0) is 19.6. The van der Waals surface area contributed by atoms with E-state index in [9.17, 15) is 14.4 Å². The quantitative estimate of drug-likeness (QED) is 0.600. The minimum absolute atomic E-state index is 0.119. The van der Waals surface area contributed by atoms with Gasteiger partial charge < -0.3 is 20.1 Å². The lowest BCUT2D eigenvalue weighted by atomic mass is 9.98. The Balaban J connectivity index is 5.08. The van der Waals surface area contributed by atoms with Crippen LogP contribution in [0.3, 0.4) is 0 Å². The maximum absolute atomic E-state index is 12.6. The van der Waals surface area contributed by atoms with Crippen molar-refractivity contribution in [1.82, 2.24) is 10.6 Å². The van der Waals surface area contributed by atoms with E-state index in [1.807, 2.05) is 20.1 Å². The van der Waals surface area contributed by atoms with Gasteiger partial charge in [-0.3, -0.25) is 4.79 Å². The van der Waals surface area contributed by atoms with Crippen LogP contribution in [0.4, 0.5) is 4.79 Å². The van der Waals surface area contributed by atoms with Gasteiger partial charge in [-0.1, -0.05) is 20.3 Å². The molecule has 146 valence electrons. The van der Waals surface area contributed by atoms with Crippen LogP contribution < -0.4 is 10.6 Å². The van der Waals surface area contributed by atoms with E-state index in [0.717, 1.165) is 0 Å². The van der Waals surface area contributed by atoms with Gasteiger partial charge in [0.15, 0.2) is 0 Å². The van der Waals surface area contributed by atoms with Crippen LogP contribution in [0, 0.1) is 5.92 Å². The molecule has 25 heavy (non-hydrogen) atoms. The second-order valence-corrected chi connectivity index (χ2v) is 7.86. The summed E-state index contributed by atoms with van der Waals surface area (Å²) < 4.78 is 9.98. The van der Waals surface area contributed by atoms with Gasteiger partial charge in [0.2, 0.25) is 5.91 Å². The van der Waals surface area contributed by atoms with E-state index in [-0.39, 0.29) is 5.92 Å². The molecule has 2 N–H and O–H groups in total. The number of methoxy groups -OCH3 is 1. The molecule has 0 heterocycles. The number of amides is 2. The predicted molar refractivity (Wildman–Crippen MR) is 99.6 cm³/mol. The molecule has 0 aliphatic heterocycles. The van der Waals surface area contributed by atoms with Gasteiger partial charge >= 0.3 is 12.1 Å². The fourth-order valence-electron chi connectivity index (χ4n) is 2.02. The second kappa shape index (κ2) is 11.2. The average molecular weight is 377 g/mol. The molecule has 0 aliphatic carbocycles. The lowest BCUT2D eigenvalue weighted by molar-refractivity contribution is -0.145. The zero-order valence-corrected chi connectivity index (χ0v) is 17.1. The number of ether oxygens (including phenoxy) is 2. The Bertz CT molecular complexity index is 451. The fraction of sp³-hybridized carbons (Fsp3) is 0.824. The van der Waals surface area contributed by atoms with Gasteiger partial charge in [-0.2, -0.15) is 11.8 Å². The van der Waals surface area contributed by atoms with Crippen LogP contribution in [0.25, 0.3) is 0 Å². The Morgan fingerprint density at radius 1 is 1.16 bits per heavy atom. The topological polar surface area (TPSA) is 93.7 Å². The van der Waals surface area contributed by atoms with Crippen LogP contribution in [0.5, 0.6) is 0 Å². The number of carbonyl (C=O) groups excluding carboxylic acids is 3. The van der Waals surface area contributed by atoms with Crippen molar-refractivity contribution in [2.24, 2.45) is 5.92 Å². The third kappa shape index (κ3) is 9.57. The van der Waals surface area contributed by atoms with Gasteiger partial charge in [-0.15, -0.1) is 0 Å². The van der Waals surface area contributed by atoms with Crippen molar-refractivity contribution in [1.29, 1.82) is 0 Å². The highest BCUT2D eigenvalue weighted by molar-refractivity contribution is 7.98. The summed E-state index contributed by atoms with van der Waals surface area (Å²) in [7, 11) is 1.28. The Labute approximate surface area is 155 Å². The first-order chi connectivity index (χ1) is 11.6. The molecule has 0 bridgehead atoms. The Morgan fingerprint density at radius 2 is 1.76 bits per heavy atom. The molecule has 0 saturated heterocycles. The lowest BCUT2D eigenvalue weighted by Crippen LogP contribution is -2.55. The molecule has 0 aromatic heterocycles. The minimum Gasteiger partial charge on any atom is -0.467 e. The first kappa shape index (κ1) is 23.6. The van der Waals surface area contributed by atoms with Gasteiger partial charge in [0.25, 0.3) is 0 Å². The van der Waals surface area contributed by atoms with Crippen LogP contribution in [-0.2, 0) is 19.1 Å². The Kier molecular flexibility index (Phi) is 10.6. The van der Waals surface area contributed by atoms with Crippen molar-refractivity contribution in [3.8, 4) is 0 Å². The molecule has 0 radical (unpaired) electrons. The molecule has 0 spiro atoms. The minimum atomic E-state index is -0.790. The summed E-state index contributed by atoms with van der Waals surface area (Å²) in [5.41, 5.74) is -0.659. The Morgan fingerprint density at radius 3 is 2.20 bits per heavy atom. The standard InChI is InChI=1S/C17H32N2O5S/c1-8-11(2)13(19-16(22)24-17(3,4)5)14(20)18-12(9-10-25-7)15(21)23-6/h11-13H,8-10H2,1-7H3,(H,18,20)(H,19,22)/t11-,12-,13-/m0/s1. The number of thioether (sulfide) groups is 1. The van der Waals surface area contributed by atoms with E-state index < -0.39 is 35.7 Å². The summed E-state index contributed by atoms with van der Waals surface area (Å²) in [4.78, 5) is 36.5. The molecule has 0 aromatic carbocycles. The SMILES string of the molecule is CC[C@H](C)[C@H](NC(=O)OC(C)(C)C)C(=O)N[C@@H](CCSC)C(=O)OC. The summed E-state index contributed by atoms with van der Waals surface area (Å²) in [6.45, 7) is 9.03. The van der Waals surface area contributed by atoms with Crippen molar-refractivity contribution in [2.75, 3.05) is 19.1 Å². The van der Waals surface area contributed by atoms with Crippen LogP contribution >= 0.6 is 11.8 Å². The summed E-state index contributed by atoms with van der Waals surface area (Å²) in [5.74, 6) is -0.335. The molecule has 0 rings (SSSR count). The summed E-state index contributed by atoms with van der Waals surface area (Å²) in [6.07, 6.45) is 2.40. The van der Waals surface area contributed by atoms with E-state index in [1.54, 1.807) is 32.5 Å². The first-order valence-electron chi connectivity index (χ1n) is 8.42. The third-order valence-electron chi connectivity index (χ3n) is 3.58. The van der Waals surface area contributed by atoms with Crippen molar-refractivity contribution in [3.63, 3.8) is 0 Å². The molecule has 0 unspecified atom stereocenters. The summed E-state index contributed by atoms with van der Waals surface area (Å²) in [5, 5.41) is 5.30. The van der Waals surface area contributed by atoms with Gasteiger partial charge in [0, 0.05) is 0 Å². The van der Waals surface area contributed by atoms with Gasteiger partial charge in [-0.25, -0.2) is 9.59 Å². The van der Waals surface area contributed by atoms with Gasteiger partial charge in [-0.05, 0) is 45.1 Å². The van der Waals surface area contributed by atoms with E-state index in [2.05, 4.69) is 10.6 Å². The Hall–Kier alpha value is -1.44. The third-order valence-corrected chi connectivity index (χ3v) is 4.22. The van der Waals surface area contributed by atoms with Gasteiger partial charge in [0.05, 0.1) is 7.11 Å². The lowest BCUT2D eigenvalue weighted by Gasteiger charge is -2.27. The molecule has 0 saturated carbocycles. The number of esters is 1. The van der Waals surface area contributed by atoms with E-state index in [1.165, 1.54) is 7.11 Å². The number of nitrogens with one attached hydrogen (secondary N) is 2. The molecule has 2 amide bonds. The number of hydrogen-bond donors (Lipinski definition) is 2. The smallest absolute Gasteiger partial charge is 0.408 e. The largest absolute Gasteiger partial charge is 0.467 e. The normalized spacial score (nSPS) is 14.8. The number of hydrogen-bond acceptors (Lipinski definition) is 6. The van der Waals surface area contributed by atoms with Crippen molar-refractivity contribution >= 4 is 29.7 Å². The molecule has 0 aromatic rings. The van der Waals surface area contributed by atoms with Crippen LogP contribution in [0.2, 0.25) is 0 Å². The van der Waals surface area contributed by atoms with E-state index in [4.69, 9.17) is 9.47 Å². The number of alkyl carbamates (subject to hydrolysis) is 1. The molecule has 8 heteroatoms. The number of carbonyl (C=O) groups is 3. The molecular formula is C17H32N2O5S. The second-order valence-electron chi connectivity index (χ2n) is 6.88. The highest BCUT2D eigenvalue weighted by Gasteiger charge is 2.31. The average Bonchev–Trinajstić information content (AvgIpc) is 2.53. The monoisotopic (exact) mass is 376 g/mol. The maximum Gasteiger partial charge on any atom is 0.408 e. The number of rotatable bonds is 9. The summed E-state index contributed by atoms with van der Waals surface area (Å²) >= 11 is 1.57. The van der Waals surface area contributed by atoms with Crippen LogP contribution in [0.1, 0.15) is 47.5 Å². The fourth-order valence-corrected chi connectivity index (χ4v) is 2.50. The van der Waals surface area contributed by atoms with Crippen LogP contribution in [0.15, 0.2) is 0 Å². The van der Waals surface area contributed by atoms with Crippen molar-refractivity contribution in [3.05, 3.63) is 0 Å². The highest BCUT2D eigenvalue weighted by atomic mass is 32.2. The van der Waals surface area contributed by atoms with Gasteiger partial charge in [0.1, 0.15) is 17.7 Å². The predicted octanol–water partition coefficient (Wildman–Crippen LogP) is 2.34. The van der Waals surface area contributed by atoms with Crippen molar-refractivity contribution < 1.29 is 23.9 Å². The molecular weight excluding hydrogens is 344 g/mol. The highest BCUT2D eigenvalue weighted by Crippen LogP contribution is 2.12. The van der Waals surface area contributed by atoms with Crippen molar-refractivity contribution in [2.45, 2.75) is 65.1 Å². The maximum atomic E-state index is 12.6. The van der Waals surface area contributed by atoms with Crippen LogP contribution in [-0.4, -0.2) is 54.8 Å². The molecule has 0 aliphatic rings.